The third kappa shape index (κ3) is 4.92. The molecule has 1 aromatic heterocycles. The van der Waals surface area contributed by atoms with Crippen molar-refractivity contribution < 1.29 is 31.1 Å². The van der Waals surface area contributed by atoms with E-state index in [4.69, 9.17) is 0 Å². The summed E-state index contributed by atoms with van der Waals surface area (Å²) in [5.74, 6) is -0.137. The average Bonchev–Trinajstić information content (AvgIpc) is 2.15. The van der Waals surface area contributed by atoms with Gasteiger partial charge in [0.2, 0.25) is 0 Å². The Labute approximate surface area is 92.2 Å². The van der Waals surface area contributed by atoms with E-state index in [0.29, 0.717) is 6.07 Å². The van der Waals surface area contributed by atoms with Gasteiger partial charge in [0.1, 0.15) is 11.4 Å². The molecule has 1 heterocycles. The highest BCUT2D eigenvalue weighted by Crippen LogP contribution is 2.28. The van der Waals surface area contributed by atoms with Gasteiger partial charge in [0.15, 0.2) is 0 Å². The van der Waals surface area contributed by atoms with Crippen LogP contribution in [0.4, 0.5) is 26.3 Å². The van der Waals surface area contributed by atoms with E-state index in [0.717, 1.165) is 12.3 Å². The van der Waals surface area contributed by atoms with Crippen LogP contribution in [0, 0.1) is 0 Å². The third-order valence-electron chi connectivity index (χ3n) is 1.68. The molecule has 8 heteroatoms. The molecule has 2 nitrogen and oxygen atoms in total. The number of ether oxygens (including phenoxy) is 1. The number of rotatable bonds is 3. The van der Waals surface area contributed by atoms with Crippen LogP contribution >= 0.6 is 0 Å². The largest absolute Gasteiger partial charge is 0.492 e. The number of hydrogen-bond acceptors (Lipinski definition) is 2. The third-order valence-corrected chi connectivity index (χ3v) is 1.68. The fourth-order valence-corrected chi connectivity index (χ4v) is 0.918. The SMILES string of the molecule is FC(F)(F)CCOc1ccc(C(F)(F)F)nc1. The number of nitrogens with zero attached hydrogens (tertiary/aromatic N) is 1. The maximum absolute atomic E-state index is 12.1. The van der Waals surface area contributed by atoms with E-state index < -0.39 is 31.1 Å². The molecule has 0 saturated carbocycles. The van der Waals surface area contributed by atoms with Gasteiger partial charge in [-0.3, -0.25) is 0 Å². The first-order valence-electron chi connectivity index (χ1n) is 4.41. The van der Waals surface area contributed by atoms with Crippen LogP contribution in [0.5, 0.6) is 5.75 Å². The Morgan fingerprint density at radius 3 is 2.12 bits per heavy atom. The minimum absolute atomic E-state index is 0.137. The maximum Gasteiger partial charge on any atom is 0.433 e. The second kappa shape index (κ2) is 4.80. The Kier molecular flexibility index (Phi) is 3.84. The smallest absolute Gasteiger partial charge is 0.433 e. The van der Waals surface area contributed by atoms with Crippen molar-refractivity contribution in [3.63, 3.8) is 0 Å². The highest BCUT2D eigenvalue weighted by molar-refractivity contribution is 5.21. The topological polar surface area (TPSA) is 22.1 Å². The first-order valence-corrected chi connectivity index (χ1v) is 4.41. The standard InChI is InChI=1S/C9H7F6NO/c10-8(11,12)3-4-17-6-1-2-7(16-5-6)9(13,14)15/h1-2,5H,3-4H2. The van der Waals surface area contributed by atoms with Gasteiger partial charge in [-0.15, -0.1) is 0 Å². The molecule has 0 radical (unpaired) electrons. The lowest BCUT2D eigenvalue weighted by Gasteiger charge is -2.09. The summed E-state index contributed by atoms with van der Waals surface area (Å²) in [5.41, 5.74) is -1.12. The number of pyridine rings is 1. The molecule has 0 aliphatic carbocycles. The Hall–Kier alpha value is -1.47. The van der Waals surface area contributed by atoms with E-state index in [-0.39, 0.29) is 5.75 Å². The van der Waals surface area contributed by atoms with Gasteiger partial charge in [0.05, 0.1) is 19.2 Å². The van der Waals surface area contributed by atoms with Gasteiger partial charge in [-0.2, -0.15) is 26.3 Å². The van der Waals surface area contributed by atoms with Gasteiger partial charge in [-0.05, 0) is 12.1 Å². The molecule has 0 spiro atoms. The maximum atomic E-state index is 12.1. The van der Waals surface area contributed by atoms with Crippen molar-refractivity contribution in [2.75, 3.05) is 6.61 Å². The molecule has 0 atom stereocenters. The van der Waals surface area contributed by atoms with Gasteiger partial charge in [-0.25, -0.2) is 4.98 Å². The molecule has 1 rings (SSSR count). The zero-order valence-corrected chi connectivity index (χ0v) is 8.27. The van der Waals surface area contributed by atoms with Crippen LogP contribution in [-0.4, -0.2) is 17.8 Å². The van der Waals surface area contributed by atoms with Gasteiger partial charge in [0, 0.05) is 0 Å². The predicted octanol–water partition coefficient (Wildman–Crippen LogP) is 3.43. The summed E-state index contributed by atoms with van der Waals surface area (Å²) in [6.07, 6.45) is -9.38. The lowest BCUT2D eigenvalue weighted by atomic mass is 10.3. The Morgan fingerprint density at radius 1 is 1.06 bits per heavy atom. The van der Waals surface area contributed by atoms with Crippen LogP contribution in [0.1, 0.15) is 12.1 Å². The summed E-state index contributed by atoms with van der Waals surface area (Å²) < 4.78 is 76.0. The second-order valence-corrected chi connectivity index (χ2v) is 3.09. The molecule has 0 saturated heterocycles. The van der Waals surface area contributed by atoms with E-state index >= 15 is 0 Å². The lowest BCUT2D eigenvalue weighted by Crippen LogP contribution is -2.13. The molecular weight excluding hydrogens is 252 g/mol. The van der Waals surface area contributed by atoms with E-state index in [9.17, 15) is 26.3 Å². The molecule has 0 amide bonds. The monoisotopic (exact) mass is 259 g/mol. The highest BCUT2D eigenvalue weighted by atomic mass is 19.4. The van der Waals surface area contributed by atoms with E-state index in [1.807, 2.05) is 0 Å². The number of hydrogen-bond donors (Lipinski definition) is 0. The Balaban J connectivity index is 2.52. The predicted molar refractivity (Wildman–Crippen MR) is 45.4 cm³/mol. The van der Waals surface area contributed by atoms with Crippen LogP contribution in [-0.2, 0) is 6.18 Å². The van der Waals surface area contributed by atoms with Crippen LogP contribution in [0.3, 0.4) is 0 Å². The van der Waals surface area contributed by atoms with Gasteiger partial charge in [0.25, 0.3) is 0 Å². The molecule has 96 valence electrons. The molecular formula is C9H7F6NO. The van der Waals surface area contributed by atoms with Crippen molar-refractivity contribution in [3.05, 3.63) is 24.0 Å². The number of halogens is 6. The minimum Gasteiger partial charge on any atom is -0.492 e. The van der Waals surface area contributed by atoms with Crippen molar-refractivity contribution in [3.8, 4) is 5.75 Å². The minimum atomic E-state index is -4.58. The van der Waals surface area contributed by atoms with Gasteiger partial charge < -0.3 is 4.74 Å². The molecule has 0 unspecified atom stereocenters. The summed E-state index contributed by atoms with van der Waals surface area (Å²) in [5, 5.41) is 0. The van der Waals surface area contributed by atoms with Crippen LogP contribution in [0.2, 0.25) is 0 Å². The second-order valence-electron chi connectivity index (χ2n) is 3.09. The first-order chi connectivity index (χ1) is 7.68. The van der Waals surface area contributed by atoms with Crippen molar-refractivity contribution in [1.29, 1.82) is 0 Å². The molecule has 0 N–H and O–H groups in total. The number of alkyl halides is 6. The summed E-state index contributed by atoms with van der Waals surface area (Å²) in [6.45, 7) is -0.656. The zero-order valence-electron chi connectivity index (χ0n) is 8.27. The Bertz CT molecular complexity index is 355. The van der Waals surface area contributed by atoms with E-state index in [1.54, 1.807) is 0 Å². The zero-order chi connectivity index (χ0) is 13.1. The van der Waals surface area contributed by atoms with E-state index in [1.165, 1.54) is 0 Å². The fourth-order valence-electron chi connectivity index (χ4n) is 0.918. The van der Waals surface area contributed by atoms with Crippen molar-refractivity contribution in [2.45, 2.75) is 18.8 Å². The quantitative estimate of drug-likeness (QED) is 0.776. The van der Waals surface area contributed by atoms with Crippen molar-refractivity contribution in [1.82, 2.24) is 4.98 Å². The normalized spacial score (nSPS) is 12.6. The van der Waals surface area contributed by atoms with Gasteiger partial charge >= 0.3 is 12.4 Å². The van der Waals surface area contributed by atoms with Crippen LogP contribution in [0.25, 0.3) is 0 Å². The fraction of sp³-hybridized carbons (Fsp3) is 0.444. The average molecular weight is 259 g/mol. The van der Waals surface area contributed by atoms with Crippen molar-refractivity contribution in [2.24, 2.45) is 0 Å². The van der Waals surface area contributed by atoms with E-state index in [2.05, 4.69) is 9.72 Å². The molecule has 1 aromatic rings. The molecule has 0 aromatic carbocycles. The van der Waals surface area contributed by atoms with Crippen molar-refractivity contribution >= 4 is 0 Å². The molecule has 0 aliphatic rings. The molecule has 17 heavy (non-hydrogen) atoms. The molecule has 0 fully saturated rings. The summed E-state index contributed by atoms with van der Waals surface area (Å²) in [7, 11) is 0. The first kappa shape index (κ1) is 13.6. The van der Waals surface area contributed by atoms with Crippen LogP contribution < -0.4 is 4.74 Å². The molecule has 0 bridgehead atoms. The summed E-state index contributed by atoms with van der Waals surface area (Å²) >= 11 is 0. The number of aromatic nitrogens is 1. The van der Waals surface area contributed by atoms with Gasteiger partial charge in [-0.1, -0.05) is 0 Å². The summed E-state index contributed by atoms with van der Waals surface area (Å²) in [6, 6.07) is 1.56. The lowest BCUT2D eigenvalue weighted by molar-refractivity contribution is -0.141. The Morgan fingerprint density at radius 2 is 1.71 bits per heavy atom. The molecule has 0 aliphatic heterocycles. The summed E-state index contributed by atoms with van der Waals surface area (Å²) in [4.78, 5) is 3.03. The van der Waals surface area contributed by atoms with Crippen LogP contribution in [0.15, 0.2) is 18.3 Å². The highest BCUT2D eigenvalue weighted by Gasteiger charge is 2.32.